The van der Waals surface area contributed by atoms with E-state index in [-0.39, 0.29) is 0 Å². The van der Waals surface area contributed by atoms with E-state index >= 15 is 0 Å². The smallest absolute Gasteiger partial charge is 0.371 e. The molecular weight excluding hydrogens is 272 g/mol. The van der Waals surface area contributed by atoms with Gasteiger partial charge in [0.25, 0.3) is 0 Å². The van der Waals surface area contributed by atoms with Gasteiger partial charge in [0.1, 0.15) is 0 Å². The summed E-state index contributed by atoms with van der Waals surface area (Å²) >= 11 is 2.85. The van der Waals surface area contributed by atoms with Crippen LogP contribution >= 0.6 is 22.7 Å². The average Bonchev–Trinajstić information content (AvgIpc) is 2.99. The first kappa shape index (κ1) is 12.5. The number of ketones is 1. The van der Waals surface area contributed by atoms with Crippen LogP contribution in [0.15, 0.2) is 40.1 Å². The highest BCUT2D eigenvalue weighted by Gasteiger charge is 2.15. The molecule has 6 heteroatoms. The lowest BCUT2D eigenvalue weighted by Gasteiger charge is -1.98. The Morgan fingerprint density at radius 2 is 2.00 bits per heavy atom. The van der Waals surface area contributed by atoms with E-state index in [0.29, 0.717) is 5.56 Å². The van der Waals surface area contributed by atoms with Crippen molar-refractivity contribution in [3.8, 4) is 10.4 Å². The van der Waals surface area contributed by atoms with E-state index in [9.17, 15) is 9.59 Å². The standard InChI is InChI=1S/C12H8O4S2/c13-9(4-10(14)12(15)16)7-5-17-6-8(7)11-2-1-3-18-11/h1-6,14H,(H,15,16). The van der Waals surface area contributed by atoms with Crippen molar-refractivity contribution in [1.82, 2.24) is 0 Å². The normalized spacial score (nSPS) is 11.4. The lowest BCUT2D eigenvalue weighted by Crippen LogP contribution is -2.03. The van der Waals surface area contributed by atoms with Crippen molar-refractivity contribution in [1.29, 1.82) is 0 Å². The molecule has 0 saturated carbocycles. The van der Waals surface area contributed by atoms with Crippen LogP contribution in [-0.2, 0) is 4.79 Å². The third kappa shape index (κ3) is 2.49. The van der Waals surface area contributed by atoms with Crippen LogP contribution in [0.5, 0.6) is 0 Å². The number of allylic oxidation sites excluding steroid dienone is 1. The Kier molecular flexibility index (Phi) is 3.59. The highest BCUT2D eigenvalue weighted by atomic mass is 32.1. The minimum Gasteiger partial charge on any atom is -0.502 e. The molecule has 2 heterocycles. The van der Waals surface area contributed by atoms with E-state index in [1.54, 1.807) is 5.38 Å². The first-order valence-electron chi connectivity index (χ1n) is 4.88. The maximum Gasteiger partial charge on any atom is 0.371 e. The highest BCUT2D eigenvalue weighted by Crippen LogP contribution is 2.31. The average molecular weight is 280 g/mol. The van der Waals surface area contributed by atoms with E-state index in [1.165, 1.54) is 22.7 Å². The van der Waals surface area contributed by atoms with E-state index in [1.807, 2.05) is 22.9 Å². The number of aliphatic hydroxyl groups excluding tert-OH is 1. The van der Waals surface area contributed by atoms with Crippen LogP contribution in [0, 0.1) is 0 Å². The van der Waals surface area contributed by atoms with E-state index in [2.05, 4.69) is 0 Å². The molecule has 0 spiro atoms. The molecule has 0 aliphatic rings. The SMILES string of the molecule is O=C(O)C(O)=CC(=O)c1cscc1-c1cccs1. The summed E-state index contributed by atoms with van der Waals surface area (Å²) in [5, 5.41) is 22.9. The van der Waals surface area contributed by atoms with Gasteiger partial charge in [-0.2, -0.15) is 11.3 Å². The van der Waals surface area contributed by atoms with Gasteiger partial charge in [-0.1, -0.05) is 6.07 Å². The third-order valence-electron chi connectivity index (χ3n) is 2.20. The van der Waals surface area contributed by atoms with Gasteiger partial charge < -0.3 is 10.2 Å². The second-order valence-corrected chi connectivity index (χ2v) is 5.07. The van der Waals surface area contributed by atoms with Gasteiger partial charge in [0.15, 0.2) is 5.78 Å². The molecule has 0 amide bonds. The number of aliphatic hydroxyl groups is 1. The zero-order valence-electron chi connectivity index (χ0n) is 8.99. The Hall–Kier alpha value is -1.92. The minimum atomic E-state index is -1.52. The fraction of sp³-hybridized carbons (Fsp3) is 0. The molecule has 0 aliphatic carbocycles. The summed E-state index contributed by atoms with van der Waals surface area (Å²) in [5.74, 6) is -2.99. The maximum absolute atomic E-state index is 11.8. The molecule has 0 aromatic carbocycles. The van der Waals surface area contributed by atoms with Crippen LogP contribution in [0.4, 0.5) is 0 Å². The molecule has 0 unspecified atom stereocenters. The number of carboxylic acids is 1. The molecule has 18 heavy (non-hydrogen) atoms. The highest BCUT2D eigenvalue weighted by molar-refractivity contribution is 7.14. The summed E-state index contributed by atoms with van der Waals surface area (Å²) in [4.78, 5) is 23.2. The Bertz CT molecular complexity index is 608. The number of carboxylic acid groups (broad SMARTS) is 1. The van der Waals surface area contributed by atoms with Crippen LogP contribution in [-0.4, -0.2) is 22.0 Å². The van der Waals surface area contributed by atoms with Gasteiger partial charge >= 0.3 is 5.97 Å². The Labute approximate surface area is 110 Å². The molecule has 2 rings (SSSR count). The quantitative estimate of drug-likeness (QED) is 0.512. The van der Waals surface area contributed by atoms with Crippen LogP contribution in [0.3, 0.4) is 0 Å². The molecule has 4 nitrogen and oxygen atoms in total. The zero-order chi connectivity index (χ0) is 13.1. The van der Waals surface area contributed by atoms with Gasteiger partial charge in [-0.25, -0.2) is 4.79 Å². The zero-order valence-corrected chi connectivity index (χ0v) is 10.6. The molecule has 92 valence electrons. The van der Waals surface area contributed by atoms with Gasteiger partial charge in [-0.3, -0.25) is 4.79 Å². The first-order chi connectivity index (χ1) is 8.59. The summed E-state index contributed by atoms with van der Waals surface area (Å²) in [5.41, 5.74) is 1.16. The first-order valence-corrected chi connectivity index (χ1v) is 6.70. The van der Waals surface area contributed by atoms with Crippen molar-refractivity contribution in [2.45, 2.75) is 0 Å². The maximum atomic E-state index is 11.8. The molecule has 2 N–H and O–H groups in total. The van der Waals surface area contributed by atoms with Crippen molar-refractivity contribution in [3.63, 3.8) is 0 Å². The fourth-order valence-corrected chi connectivity index (χ4v) is 3.04. The predicted molar refractivity (Wildman–Crippen MR) is 70.3 cm³/mol. The van der Waals surface area contributed by atoms with E-state index in [0.717, 1.165) is 16.5 Å². The number of carbonyl (C=O) groups excluding carboxylic acids is 1. The van der Waals surface area contributed by atoms with Crippen molar-refractivity contribution in [3.05, 3.63) is 45.7 Å². The summed E-state index contributed by atoms with van der Waals surface area (Å²) in [6.45, 7) is 0. The number of aliphatic carboxylic acids is 1. The van der Waals surface area contributed by atoms with Crippen molar-refractivity contribution in [2.24, 2.45) is 0 Å². The predicted octanol–water partition coefficient (Wildman–Crippen LogP) is 3.19. The number of thiophene rings is 2. The van der Waals surface area contributed by atoms with Crippen molar-refractivity contribution < 1.29 is 19.8 Å². The van der Waals surface area contributed by atoms with Crippen molar-refractivity contribution in [2.75, 3.05) is 0 Å². The van der Waals surface area contributed by atoms with Crippen LogP contribution in [0.25, 0.3) is 10.4 Å². The molecule has 0 bridgehead atoms. The number of rotatable bonds is 4. The third-order valence-corrected chi connectivity index (χ3v) is 3.85. The number of hydrogen-bond acceptors (Lipinski definition) is 5. The molecule has 0 fully saturated rings. The monoisotopic (exact) mass is 280 g/mol. The van der Waals surface area contributed by atoms with E-state index < -0.39 is 17.5 Å². The van der Waals surface area contributed by atoms with Gasteiger partial charge in [0.2, 0.25) is 5.76 Å². The lowest BCUT2D eigenvalue weighted by atomic mass is 10.1. The molecular formula is C12H8O4S2. The van der Waals surface area contributed by atoms with Crippen LogP contribution < -0.4 is 0 Å². The summed E-state index contributed by atoms with van der Waals surface area (Å²) in [7, 11) is 0. The Morgan fingerprint density at radius 3 is 2.61 bits per heavy atom. The van der Waals surface area contributed by atoms with Crippen LogP contribution in [0.2, 0.25) is 0 Å². The van der Waals surface area contributed by atoms with Gasteiger partial charge in [-0.05, 0) is 11.4 Å². The second kappa shape index (κ2) is 5.16. The van der Waals surface area contributed by atoms with Crippen LogP contribution in [0.1, 0.15) is 10.4 Å². The Morgan fingerprint density at radius 1 is 1.22 bits per heavy atom. The summed E-state index contributed by atoms with van der Waals surface area (Å²) < 4.78 is 0. The molecule has 2 aromatic heterocycles. The summed E-state index contributed by atoms with van der Waals surface area (Å²) in [6.07, 6.45) is 0.724. The molecule has 0 radical (unpaired) electrons. The Balaban J connectivity index is 2.36. The van der Waals surface area contributed by atoms with Gasteiger partial charge in [-0.15, -0.1) is 11.3 Å². The lowest BCUT2D eigenvalue weighted by molar-refractivity contribution is -0.135. The fourth-order valence-electron chi connectivity index (χ4n) is 1.37. The van der Waals surface area contributed by atoms with Gasteiger partial charge in [0.05, 0.1) is 0 Å². The topological polar surface area (TPSA) is 74.6 Å². The van der Waals surface area contributed by atoms with Crippen molar-refractivity contribution >= 4 is 34.4 Å². The summed E-state index contributed by atoms with van der Waals surface area (Å²) in [6, 6.07) is 3.75. The minimum absolute atomic E-state index is 0.398. The molecule has 0 saturated heterocycles. The second-order valence-electron chi connectivity index (χ2n) is 3.38. The van der Waals surface area contributed by atoms with E-state index in [4.69, 9.17) is 10.2 Å². The van der Waals surface area contributed by atoms with Gasteiger partial charge in [0, 0.05) is 32.8 Å². The number of carbonyl (C=O) groups is 2. The molecule has 0 atom stereocenters. The molecule has 0 aliphatic heterocycles. The largest absolute Gasteiger partial charge is 0.502 e. The molecule has 2 aromatic rings. The number of hydrogen-bond donors (Lipinski definition) is 2.